The quantitative estimate of drug-likeness (QED) is 0.817. The van der Waals surface area contributed by atoms with Gasteiger partial charge in [-0.25, -0.2) is 9.78 Å². The third kappa shape index (κ3) is 4.76. The molecule has 0 bridgehead atoms. The van der Waals surface area contributed by atoms with Crippen LogP contribution in [0.2, 0.25) is 0 Å². The summed E-state index contributed by atoms with van der Waals surface area (Å²) in [4.78, 5) is 16.3. The molecule has 2 aromatic rings. The van der Waals surface area contributed by atoms with Gasteiger partial charge in [-0.3, -0.25) is 5.32 Å². The molecule has 1 amide bonds. The lowest BCUT2D eigenvalue weighted by molar-refractivity contribution is 0.0636. The fourth-order valence-electron chi connectivity index (χ4n) is 3.24. The first-order valence-electron chi connectivity index (χ1n) is 9.10. The molecule has 0 fully saturated rings. The molecule has 6 heteroatoms. The molecule has 1 aromatic heterocycles. The molecule has 1 aliphatic rings. The number of aryl methyl sites for hydroxylation is 1. The fraction of sp³-hybridized carbons (Fsp3) is 0.381. The molecule has 27 heavy (non-hydrogen) atoms. The Labute approximate surface area is 159 Å². The molecule has 6 nitrogen and oxygen atoms in total. The second-order valence-electron chi connectivity index (χ2n) is 7.64. The number of nitrogens with zero attached hydrogens (tertiary/aromatic N) is 2. The lowest BCUT2D eigenvalue weighted by Gasteiger charge is -2.28. The number of nitriles is 1. The average molecular weight is 364 g/mol. The molecule has 3 rings (SSSR count). The van der Waals surface area contributed by atoms with Crippen molar-refractivity contribution in [3.8, 4) is 6.07 Å². The third-order valence-electron chi connectivity index (χ3n) is 4.34. The standard InChI is InChI=1S/C21H24N4O2/c1-21(2,3)27-20(26)24-16-9-10-17-14(12-16)6-4-8-18(17)25-19-15(13-22)7-5-11-23-19/h5,7,9-12,18H,4,6,8H2,1-3H3,(H,23,25)(H,24,26). The van der Waals surface area contributed by atoms with Gasteiger partial charge in [0.15, 0.2) is 0 Å². The molecule has 0 radical (unpaired) electrons. The largest absolute Gasteiger partial charge is 0.444 e. The van der Waals surface area contributed by atoms with Crippen LogP contribution in [0.4, 0.5) is 16.3 Å². The Morgan fingerprint density at radius 3 is 2.89 bits per heavy atom. The lowest BCUT2D eigenvalue weighted by Crippen LogP contribution is -2.27. The molecule has 0 saturated heterocycles. The van der Waals surface area contributed by atoms with E-state index in [-0.39, 0.29) is 6.04 Å². The van der Waals surface area contributed by atoms with Crippen LogP contribution in [0.15, 0.2) is 36.5 Å². The minimum Gasteiger partial charge on any atom is -0.444 e. The van der Waals surface area contributed by atoms with Gasteiger partial charge in [0.2, 0.25) is 0 Å². The van der Waals surface area contributed by atoms with Gasteiger partial charge in [-0.05, 0) is 75.4 Å². The monoisotopic (exact) mass is 364 g/mol. The molecule has 1 unspecified atom stereocenters. The van der Waals surface area contributed by atoms with E-state index in [4.69, 9.17) is 4.74 Å². The van der Waals surface area contributed by atoms with E-state index in [9.17, 15) is 10.1 Å². The van der Waals surface area contributed by atoms with Crippen LogP contribution in [-0.4, -0.2) is 16.7 Å². The predicted octanol–water partition coefficient (Wildman–Crippen LogP) is 4.79. The highest BCUT2D eigenvalue weighted by atomic mass is 16.6. The molecule has 2 N–H and O–H groups in total. The Balaban J connectivity index is 1.77. The molecule has 0 aliphatic heterocycles. The van der Waals surface area contributed by atoms with Gasteiger partial charge in [-0.1, -0.05) is 6.07 Å². The Morgan fingerprint density at radius 2 is 2.15 bits per heavy atom. The molecular formula is C21H24N4O2. The molecule has 1 aliphatic carbocycles. The van der Waals surface area contributed by atoms with Crippen LogP contribution in [0, 0.1) is 11.3 Å². The van der Waals surface area contributed by atoms with Gasteiger partial charge in [-0.2, -0.15) is 5.26 Å². The molecule has 1 aromatic carbocycles. The summed E-state index contributed by atoms with van der Waals surface area (Å²) in [6, 6.07) is 11.7. The van der Waals surface area contributed by atoms with Crippen molar-refractivity contribution in [2.45, 2.75) is 51.7 Å². The number of amides is 1. The van der Waals surface area contributed by atoms with Crippen LogP contribution in [0.25, 0.3) is 0 Å². The summed E-state index contributed by atoms with van der Waals surface area (Å²) in [6.07, 6.45) is 4.16. The van der Waals surface area contributed by atoms with E-state index in [1.165, 1.54) is 11.1 Å². The van der Waals surface area contributed by atoms with Crippen LogP contribution in [0.3, 0.4) is 0 Å². The third-order valence-corrected chi connectivity index (χ3v) is 4.34. The van der Waals surface area contributed by atoms with Crippen molar-refractivity contribution in [2.24, 2.45) is 0 Å². The molecular weight excluding hydrogens is 340 g/mol. The van der Waals surface area contributed by atoms with Crippen LogP contribution in [-0.2, 0) is 11.2 Å². The number of hydrogen-bond acceptors (Lipinski definition) is 5. The van der Waals surface area contributed by atoms with Gasteiger partial charge in [0, 0.05) is 11.9 Å². The summed E-state index contributed by atoms with van der Waals surface area (Å²) in [5.74, 6) is 0.605. The van der Waals surface area contributed by atoms with Gasteiger partial charge >= 0.3 is 6.09 Å². The first-order valence-corrected chi connectivity index (χ1v) is 9.10. The number of pyridine rings is 1. The number of rotatable bonds is 3. The van der Waals surface area contributed by atoms with E-state index >= 15 is 0 Å². The molecule has 0 spiro atoms. The van der Waals surface area contributed by atoms with Crippen molar-refractivity contribution >= 4 is 17.6 Å². The highest BCUT2D eigenvalue weighted by molar-refractivity contribution is 5.85. The van der Waals surface area contributed by atoms with E-state index in [1.807, 2.05) is 39.0 Å². The number of nitrogens with one attached hydrogen (secondary N) is 2. The van der Waals surface area contributed by atoms with Gasteiger partial charge in [0.1, 0.15) is 17.5 Å². The van der Waals surface area contributed by atoms with Crippen molar-refractivity contribution in [1.82, 2.24) is 4.98 Å². The number of carbonyl (C=O) groups is 1. The second kappa shape index (κ2) is 7.67. The van der Waals surface area contributed by atoms with E-state index < -0.39 is 11.7 Å². The molecule has 1 heterocycles. The maximum absolute atomic E-state index is 12.0. The smallest absolute Gasteiger partial charge is 0.412 e. The van der Waals surface area contributed by atoms with Gasteiger partial charge in [0.25, 0.3) is 0 Å². The predicted molar refractivity (Wildman–Crippen MR) is 105 cm³/mol. The van der Waals surface area contributed by atoms with E-state index in [0.717, 1.165) is 24.9 Å². The van der Waals surface area contributed by atoms with Crippen LogP contribution < -0.4 is 10.6 Å². The number of ether oxygens (including phenoxy) is 1. The first kappa shape index (κ1) is 18.7. The topological polar surface area (TPSA) is 87.0 Å². The second-order valence-corrected chi connectivity index (χ2v) is 7.64. The summed E-state index contributed by atoms with van der Waals surface area (Å²) in [7, 11) is 0. The summed E-state index contributed by atoms with van der Waals surface area (Å²) < 4.78 is 5.31. The summed E-state index contributed by atoms with van der Waals surface area (Å²) in [5, 5.41) is 15.5. The van der Waals surface area contributed by atoms with E-state index in [2.05, 4.69) is 21.7 Å². The zero-order chi connectivity index (χ0) is 19.4. The number of aromatic nitrogens is 1. The average Bonchev–Trinajstić information content (AvgIpc) is 2.60. The van der Waals surface area contributed by atoms with Crippen LogP contribution in [0.5, 0.6) is 0 Å². The van der Waals surface area contributed by atoms with Gasteiger partial charge in [0.05, 0.1) is 11.6 Å². The molecule has 1 atom stereocenters. The maximum atomic E-state index is 12.0. The number of fused-ring (bicyclic) bond motifs is 1. The van der Waals surface area contributed by atoms with Crippen molar-refractivity contribution in [1.29, 1.82) is 5.26 Å². The summed E-state index contributed by atoms with van der Waals surface area (Å²) >= 11 is 0. The van der Waals surface area contributed by atoms with Crippen molar-refractivity contribution in [3.05, 3.63) is 53.2 Å². The Morgan fingerprint density at radius 1 is 1.33 bits per heavy atom. The molecule has 0 saturated carbocycles. The highest BCUT2D eigenvalue weighted by Gasteiger charge is 2.22. The SMILES string of the molecule is CC(C)(C)OC(=O)Nc1ccc2c(c1)CCCC2Nc1ncccc1C#N. The van der Waals surface area contributed by atoms with Gasteiger partial charge < -0.3 is 10.1 Å². The maximum Gasteiger partial charge on any atom is 0.412 e. The minimum absolute atomic E-state index is 0.0892. The highest BCUT2D eigenvalue weighted by Crippen LogP contribution is 2.34. The molecule has 140 valence electrons. The van der Waals surface area contributed by atoms with E-state index in [0.29, 0.717) is 11.4 Å². The van der Waals surface area contributed by atoms with Gasteiger partial charge in [-0.15, -0.1) is 0 Å². The van der Waals surface area contributed by atoms with Crippen LogP contribution >= 0.6 is 0 Å². The fourth-order valence-corrected chi connectivity index (χ4v) is 3.24. The minimum atomic E-state index is -0.533. The van der Waals surface area contributed by atoms with Crippen LogP contribution in [0.1, 0.15) is 56.3 Å². The lowest BCUT2D eigenvalue weighted by atomic mass is 9.87. The number of benzene rings is 1. The Hall–Kier alpha value is -3.07. The normalized spacial score (nSPS) is 16.0. The van der Waals surface area contributed by atoms with E-state index in [1.54, 1.807) is 18.3 Å². The first-order chi connectivity index (χ1) is 12.9. The Bertz CT molecular complexity index is 880. The summed E-state index contributed by atoms with van der Waals surface area (Å²) in [5.41, 5.74) is 3.08. The Kier molecular flexibility index (Phi) is 5.31. The van der Waals surface area contributed by atoms with Crippen molar-refractivity contribution < 1.29 is 9.53 Å². The summed E-state index contributed by atoms with van der Waals surface area (Å²) in [6.45, 7) is 5.51. The number of hydrogen-bond donors (Lipinski definition) is 2. The number of anilines is 2. The zero-order valence-corrected chi connectivity index (χ0v) is 15.9. The zero-order valence-electron chi connectivity index (χ0n) is 15.9. The van der Waals surface area contributed by atoms with Crippen molar-refractivity contribution in [3.63, 3.8) is 0 Å². The number of carbonyl (C=O) groups excluding carboxylic acids is 1. The van der Waals surface area contributed by atoms with Crippen molar-refractivity contribution in [2.75, 3.05) is 10.6 Å².